The van der Waals surface area contributed by atoms with Gasteiger partial charge in [0, 0.05) is 26.5 Å². The Morgan fingerprint density at radius 2 is 1.78 bits per heavy atom. The summed E-state index contributed by atoms with van der Waals surface area (Å²) in [6.45, 7) is 0. The van der Waals surface area contributed by atoms with Crippen molar-refractivity contribution in [3.05, 3.63) is 47.3 Å². The molecule has 0 radical (unpaired) electrons. The molecule has 0 fully saturated rings. The lowest BCUT2D eigenvalue weighted by atomic mass is 10.1. The largest absolute Gasteiger partial charge is 0.357 e. The van der Waals surface area contributed by atoms with Crippen LogP contribution in [-0.4, -0.2) is 35.7 Å². The Morgan fingerprint density at radius 1 is 1.17 bits per heavy atom. The van der Waals surface area contributed by atoms with Crippen molar-refractivity contribution in [2.24, 2.45) is 0 Å². The molecule has 2 amide bonds. The third-order valence-corrected chi connectivity index (χ3v) is 2.75. The molecule has 2 heterocycles. The monoisotopic (exact) mass is 241 g/mol. The molecule has 2 rings (SSSR count). The summed E-state index contributed by atoms with van der Waals surface area (Å²) in [4.78, 5) is 26.2. The maximum atomic E-state index is 11.8. The predicted octanol–water partition coefficient (Wildman–Crippen LogP) is 0.704. The molecule has 2 aliphatic heterocycles. The van der Waals surface area contributed by atoms with Crippen LogP contribution in [0.5, 0.6) is 0 Å². The van der Waals surface area contributed by atoms with Crippen LogP contribution in [-0.2, 0) is 9.59 Å². The highest BCUT2D eigenvalue weighted by Crippen LogP contribution is 2.22. The van der Waals surface area contributed by atoms with E-state index in [2.05, 4.69) is 0 Å². The van der Waals surface area contributed by atoms with Crippen molar-refractivity contribution in [1.29, 1.82) is 5.26 Å². The van der Waals surface area contributed by atoms with Gasteiger partial charge in [-0.15, -0.1) is 0 Å². The minimum absolute atomic E-state index is 0.101. The number of carbonyl (C=O) groups excluding carboxylic acids is 2. The first kappa shape index (κ1) is 11.9. The van der Waals surface area contributed by atoms with Gasteiger partial charge < -0.3 is 4.90 Å². The number of rotatable bonds is 1. The minimum Gasteiger partial charge on any atom is -0.357 e. The van der Waals surface area contributed by atoms with Crippen LogP contribution in [0.25, 0.3) is 0 Å². The number of imide groups is 1. The molecule has 0 aromatic heterocycles. The van der Waals surface area contributed by atoms with Crippen LogP contribution in [0.15, 0.2) is 47.3 Å². The van der Waals surface area contributed by atoms with Gasteiger partial charge >= 0.3 is 0 Å². The van der Waals surface area contributed by atoms with Gasteiger partial charge in [0.1, 0.15) is 11.6 Å². The number of hydrogen-bond acceptors (Lipinski definition) is 4. The lowest BCUT2D eigenvalue weighted by molar-refractivity contribution is -0.135. The molecular formula is C13H11N3O2. The van der Waals surface area contributed by atoms with Gasteiger partial charge in [0.2, 0.25) is 0 Å². The fraction of sp³-hybridized carbons (Fsp3) is 0.154. The Morgan fingerprint density at radius 3 is 2.33 bits per heavy atom. The highest BCUT2D eigenvalue weighted by atomic mass is 16.2. The van der Waals surface area contributed by atoms with Gasteiger partial charge in [-0.05, 0) is 23.8 Å². The summed E-state index contributed by atoms with van der Waals surface area (Å²) in [5.41, 5.74) is 0.821. The molecule has 5 nitrogen and oxygen atoms in total. The summed E-state index contributed by atoms with van der Waals surface area (Å²) in [6, 6.07) is 1.79. The lowest BCUT2D eigenvalue weighted by Crippen LogP contribution is -2.26. The maximum absolute atomic E-state index is 11.8. The lowest BCUT2D eigenvalue weighted by Gasteiger charge is -2.11. The van der Waals surface area contributed by atoms with Crippen molar-refractivity contribution in [2.75, 3.05) is 14.1 Å². The molecule has 2 aliphatic rings. The first-order valence-electron chi connectivity index (χ1n) is 5.31. The third kappa shape index (κ3) is 1.84. The Bertz CT molecular complexity index is 572. The Hall–Kier alpha value is -2.61. The normalized spacial score (nSPS) is 18.8. The van der Waals surface area contributed by atoms with Crippen LogP contribution < -0.4 is 0 Å². The van der Waals surface area contributed by atoms with Crippen LogP contribution in [0.2, 0.25) is 0 Å². The van der Waals surface area contributed by atoms with E-state index in [1.165, 1.54) is 7.05 Å². The SMILES string of the molecule is CN1C=CC(=CC2=C(C#N)C(=O)N(C)C2=O)C=C1. The van der Waals surface area contributed by atoms with Gasteiger partial charge in [-0.25, -0.2) is 0 Å². The molecule has 0 aliphatic carbocycles. The van der Waals surface area contributed by atoms with E-state index in [0.29, 0.717) is 0 Å². The molecule has 0 bridgehead atoms. The Labute approximate surface area is 105 Å². The zero-order valence-electron chi connectivity index (χ0n) is 10.0. The van der Waals surface area contributed by atoms with Crippen molar-refractivity contribution in [1.82, 2.24) is 9.80 Å². The molecule has 0 spiro atoms. The molecule has 0 saturated carbocycles. The quantitative estimate of drug-likeness (QED) is 0.634. The number of carbonyl (C=O) groups is 2. The average Bonchev–Trinajstić information content (AvgIpc) is 2.57. The van der Waals surface area contributed by atoms with Gasteiger partial charge in [-0.3, -0.25) is 14.5 Å². The second kappa shape index (κ2) is 4.34. The van der Waals surface area contributed by atoms with E-state index < -0.39 is 11.8 Å². The van der Waals surface area contributed by atoms with Crippen molar-refractivity contribution in [3.8, 4) is 6.07 Å². The summed E-state index contributed by atoms with van der Waals surface area (Å²) in [5.74, 6) is -0.986. The van der Waals surface area contributed by atoms with Gasteiger partial charge in [-0.2, -0.15) is 5.26 Å². The summed E-state index contributed by atoms with van der Waals surface area (Å²) in [7, 11) is 3.25. The van der Waals surface area contributed by atoms with E-state index >= 15 is 0 Å². The topological polar surface area (TPSA) is 64.4 Å². The molecule has 0 aromatic carbocycles. The maximum Gasteiger partial charge on any atom is 0.271 e. The number of hydrogen-bond donors (Lipinski definition) is 0. The average molecular weight is 241 g/mol. The molecule has 0 aromatic rings. The first-order chi connectivity index (χ1) is 8.54. The number of nitrogens with zero attached hydrogens (tertiary/aromatic N) is 3. The summed E-state index contributed by atoms with van der Waals surface area (Å²) >= 11 is 0. The minimum atomic E-state index is -0.546. The van der Waals surface area contributed by atoms with Crippen LogP contribution >= 0.6 is 0 Å². The number of amides is 2. The molecule has 0 saturated heterocycles. The predicted molar refractivity (Wildman–Crippen MR) is 64.5 cm³/mol. The standard InChI is InChI=1S/C13H11N3O2/c1-15-5-3-9(4-6-15)7-10-11(8-14)13(18)16(2)12(10)17/h3-7H,1-2H3. The van der Waals surface area contributed by atoms with E-state index in [4.69, 9.17) is 5.26 Å². The molecule has 5 heteroatoms. The van der Waals surface area contributed by atoms with Gasteiger partial charge in [0.25, 0.3) is 11.8 Å². The molecule has 0 atom stereocenters. The molecular weight excluding hydrogens is 230 g/mol. The van der Waals surface area contributed by atoms with Crippen molar-refractivity contribution in [3.63, 3.8) is 0 Å². The van der Waals surface area contributed by atoms with Crippen molar-refractivity contribution in [2.45, 2.75) is 0 Å². The molecule has 0 N–H and O–H groups in total. The molecule has 18 heavy (non-hydrogen) atoms. The first-order valence-corrected chi connectivity index (χ1v) is 5.31. The van der Waals surface area contributed by atoms with Gasteiger partial charge in [-0.1, -0.05) is 0 Å². The van der Waals surface area contributed by atoms with E-state index in [-0.39, 0.29) is 11.1 Å². The van der Waals surface area contributed by atoms with Crippen LogP contribution in [0.3, 0.4) is 0 Å². The third-order valence-electron chi connectivity index (χ3n) is 2.75. The van der Waals surface area contributed by atoms with E-state index in [1.54, 1.807) is 24.3 Å². The highest BCUT2D eigenvalue weighted by molar-refractivity contribution is 6.22. The van der Waals surface area contributed by atoms with E-state index in [0.717, 1.165) is 10.5 Å². The van der Waals surface area contributed by atoms with Gasteiger partial charge in [0.05, 0.1) is 5.57 Å². The van der Waals surface area contributed by atoms with Crippen LogP contribution in [0.4, 0.5) is 0 Å². The summed E-state index contributed by atoms with van der Waals surface area (Å²) in [5, 5.41) is 8.93. The fourth-order valence-corrected chi connectivity index (χ4v) is 1.68. The molecule has 90 valence electrons. The zero-order chi connectivity index (χ0) is 13.3. The summed E-state index contributed by atoms with van der Waals surface area (Å²) in [6.07, 6.45) is 8.81. The second-order valence-electron chi connectivity index (χ2n) is 4.01. The summed E-state index contributed by atoms with van der Waals surface area (Å²) < 4.78 is 0. The Kier molecular flexibility index (Phi) is 2.86. The number of likely N-dealkylation sites (N-methyl/N-ethyl adjacent to an activating group) is 1. The molecule has 0 unspecified atom stereocenters. The van der Waals surface area contributed by atoms with Crippen LogP contribution in [0, 0.1) is 11.3 Å². The van der Waals surface area contributed by atoms with E-state index in [1.807, 2.05) is 24.3 Å². The van der Waals surface area contributed by atoms with E-state index in [9.17, 15) is 9.59 Å². The van der Waals surface area contributed by atoms with Crippen LogP contribution in [0.1, 0.15) is 0 Å². The number of allylic oxidation sites excluding steroid dienone is 3. The Balaban J connectivity index is 2.42. The smallest absolute Gasteiger partial charge is 0.271 e. The highest BCUT2D eigenvalue weighted by Gasteiger charge is 2.34. The number of nitriles is 1. The second-order valence-corrected chi connectivity index (χ2v) is 4.01. The fourth-order valence-electron chi connectivity index (χ4n) is 1.68. The van der Waals surface area contributed by atoms with Crippen molar-refractivity contribution < 1.29 is 9.59 Å². The van der Waals surface area contributed by atoms with Gasteiger partial charge in [0.15, 0.2) is 0 Å². The van der Waals surface area contributed by atoms with Crippen molar-refractivity contribution >= 4 is 11.8 Å². The zero-order valence-corrected chi connectivity index (χ0v) is 10.0.